The summed E-state index contributed by atoms with van der Waals surface area (Å²) in [4.78, 5) is 43.1. The molecular weight excluding hydrogens is 422 g/mol. The Balaban J connectivity index is 1.36. The molecule has 0 spiro atoms. The summed E-state index contributed by atoms with van der Waals surface area (Å²) in [5.74, 6) is -0.607. The number of anilines is 1. The minimum absolute atomic E-state index is 0.182. The summed E-state index contributed by atoms with van der Waals surface area (Å²) in [5.41, 5.74) is 3.82. The average Bonchev–Trinajstić information content (AvgIpc) is 3.12. The number of carbonyl (C=O) groups excluding carboxylic acids is 3. The summed E-state index contributed by atoms with van der Waals surface area (Å²) in [7, 11) is 1.92. The van der Waals surface area contributed by atoms with E-state index in [1.807, 2.05) is 42.8 Å². The van der Waals surface area contributed by atoms with Crippen LogP contribution in [-0.4, -0.2) is 32.3 Å². The molecule has 158 valence electrons. The zero-order valence-corrected chi connectivity index (χ0v) is 18.3. The van der Waals surface area contributed by atoms with Gasteiger partial charge in [-0.2, -0.15) is 0 Å². The van der Waals surface area contributed by atoms with Crippen molar-refractivity contribution >= 4 is 46.0 Å². The van der Waals surface area contributed by atoms with Crippen molar-refractivity contribution in [2.24, 2.45) is 7.05 Å². The van der Waals surface area contributed by atoms with E-state index >= 15 is 0 Å². The highest BCUT2D eigenvalue weighted by Crippen LogP contribution is 2.30. The minimum Gasteiger partial charge on any atom is -0.325 e. The Hall–Kier alpha value is -3.71. The third-order valence-electron chi connectivity index (χ3n) is 5.59. The molecule has 1 aliphatic carbocycles. The van der Waals surface area contributed by atoms with Crippen LogP contribution in [0.3, 0.4) is 0 Å². The number of amides is 1. The number of hydrogen-bond donors (Lipinski definition) is 1. The molecule has 0 fully saturated rings. The molecule has 1 amide bonds. The highest BCUT2D eigenvalue weighted by atomic mass is 32.2. The highest BCUT2D eigenvalue weighted by Gasteiger charge is 2.29. The number of hydrogen-bond acceptors (Lipinski definition) is 5. The van der Waals surface area contributed by atoms with Gasteiger partial charge in [-0.3, -0.25) is 14.4 Å². The minimum atomic E-state index is -0.417. The third-order valence-corrected chi connectivity index (χ3v) is 6.73. The van der Waals surface area contributed by atoms with Gasteiger partial charge in [0.2, 0.25) is 5.91 Å². The fraction of sp³-hybridized carbons (Fsp3) is 0.120. The van der Waals surface area contributed by atoms with Gasteiger partial charge in [0.1, 0.15) is 0 Å². The van der Waals surface area contributed by atoms with Crippen LogP contribution in [0.25, 0.3) is 11.0 Å². The molecule has 0 radical (unpaired) electrons. The van der Waals surface area contributed by atoms with Crippen LogP contribution in [0.5, 0.6) is 0 Å². The lowest BCUT2D eigenvalue weighted by Crippen LogP contribution is -2.24. The molecule has 1 unspecified atom stereocenters. The van der Waals surface area contributed by atoms with Crippen LogP contribution >= 0.6 is 11.8 Å². The van der Waals surface area contributed by atoms with Gasteiger partial charge in [0, 0.05) is 35.0 Å². The summed E-state index contributed by atoms with van der Waals surface area (Å²) < 4.78 is 1.96. The highest BCUT2D eigenvalue weighted by molar-refractivity contribution is 8.00. The second kappa shape index (κ2) is 7.76. The molecule has 4 aromatic rings. The van der Waals surface area contributed by atoms with Gasteiger partial charge in [0.25, 0.3) is 0 Å². The van der Waals surface area contributed by atoms with Gasteiger partial charge in [0.15, 0.2) is 16.7 Å². The molecule has 6 nitrogen and oxygen atoms in total. The van der Waals surface area contributed by atoms with Crippen molar-refractivity contribution in [3.8, 4) is 0 Å². The van der Waals surface area contributed by atoms with E-state index in [1.165, 1.54) is 11.8 Å². The van der Waals surface area contributed by atoms with E-state index in [0.29, 0.717) is 27.9 Å². The molecule has 3 aromatic carbocycles. The number of ketones is 2. The first kappa shape index (κ1) is 20.2. The smallest absolute Gasteiger partial charge is 0.237 e. The van der Waals surface area contributed by atoms with Gasteiger partial charge in [-0.15, -0.1) is 0 Å². The molecule has 0 aliphatic heterocycles. The van der Waals surface area contributed by atoms with Crippen LogP contribution in [-0.2, 0) is 11.8 Å². The Bertz CT molecular complexity index is 1420. The van der Waals surface area contributed by atoms with Crippen LogP contribution in [0.2, 0.25) is 0 Å². The largest absolute Gasteiger partial charge is 0.325 e. The second-order valence-electron chi connectivity index (χ2n) is 7.66. The number of aromatic nitrogens is 2. The van der Waals surface area contributed by atoms with Crippen LogP contribution in [0.4, 0.5) is 5.69 Å². The number of nitrogens with one attached hydrogen (secondary N) is 1. The number of rotatable bonds is 4. The Morgan fingerprint density at radius 1 is 0.906 bits per heavy atom. The van der Waals surface area contributed by atoms with Crippen LogP contribution in [0.15, 0.2) is 71.9 Å². The Labute approximate surface area is 188 Å². The van der Waals surface area contributed by atoms with Gasteiger partial charge < -0.3 is 9.88 Å². The van der Waals surface area contributed by atoms with E-state index in [1.54, 1.807) is 42.5 Å². The van der Waals surface area contributed by atoms with Crippen molar-refractivity contribution in [3.05, 3.63) is 89.0 Å². The predicted octanol–water partition coefficient (Wildman–Crippen LogP) is 4.47. The normalized spacial score (nSPS) is 13.6. The summed E-state index contributed by atoms with van der Waals surface area (Å²) >= 11 is 1.36. The number of aryl methyl sites for hydroxylation is 1. The van der Waals surface area contributed by atoms with E-state index in [4.69, 9.17) is 0 Å². The van der Waals surface area contributed by atoms with Gasteiger partial charge in [0.05, 0.1) is 16.3 Å². The zero-order chi connectivity index (χ0) is 22.4. The topological polar surface area (TPSA) is 81.1 Å². The van der Waals surface area contributed by atoms with Gasteiger partial charge >= 0.3 is 0 Å². The van der Waals surface area contributed by atoms with Crippen molar-refractivity contribution in [1.82, 2.24) is 9.55 Å². The summed E-state index contributed by atoms with van der Waals surface area (Å²) in [5, 5.41) is 3.19. The van der Waals surface area contributed by atoms with Gasteiger partial charge in [-0.05, 0) is 37.3 Å². The maximum Gasteiger partial charge on any atom is 0.237 e. The zero-order valence-electron chi connectivity index (χ0n) is 17.5. The number of fused-ring (bicyclic) bond motifs is 3. The van der Waals surface area contributed by atoms with Crippen molar-refractivity contribution in [2.75, 3.05) is 5.32 Å². The summed E-state index contributed by atoms with van der Waals surface area (Å²) in [6.07, 6.45) is 0. The van der Waals surface area contributed by atoms with E-state index in [-0.39, 0.29) is 17.5 Å². The SMILES string of the molecule is CC(Sc1nc2ccccc2n1C)C(=O)Nc1ccc2c(c1)C(=O)c1ccccc1C2=O. The van der Waals surface area contributed by atoms with Crippen molar-refractivity contribution in [3.63, 3.8) is 0 Å². The monoisotopic (exact) mass is 441 g/mol. The lowest BCUT2D eigenvalue weighted by atomic mass is 9.84. The second-order valence-corrected chi connectivity index (χ2v) is 8.96. The number of imidazole rings is 1. The van der Waals surface area contributed by atoms with Crippen LogP contribution in [0, 0.1) is 0 Å². The third kappa shape index (κ3) is 3.31. The Morgan fingerprint density at radius 3 is 2.25 bits per heavy atom. The van der Waals surface area contributed by atoms with Crippen LogP contribution < -0.4 is 5.32 Å². The quantitative estimate of drug-likeness (QED) is 0.416. The van der Waals surface area contributed by atoms with Crippen molar-refractivity contribution in [2.45, 2.75) is 17.3 Å². The first-order valence-electron chi connectivity index (χ1n) is 10.2. The molecule has 1 atom stereocenters. The molecule has 1 aliphatic rings. The van der Waals surface area contributed by atoms with E-state index in [9.17, 15) is 14.4 Å². The standard InChI is InChI=1S/C25H19N3O3S/c1-14(32-25-27-20-9-5-6-10-21(20)28(25)2)24(31)26-15-11-12-18-19(13-15)23(30)17-8-4-3-7-16(17)22(18)29/h3-14H,1-2H3,(H,26,31). The average molecular weight is 442 g/mol. The molecule has 1 heterocycles. The fourth-order valence-electron chi connectivity index (χ4n) is 3.86. The molecule has 0 saturated carbocycles. The van der Waals surface area contributed by atoms with Gasteiger partial charge in [-0.1, -0.05) is 48.2 Å². The van der Waals surface area contributed by atoms with E-state index < -0.39 is 5.25 Å². The molecule has 0 saturated heterocycles. The number of nitrogens with zero attached hydrogens (tertiary/aromatic N) is 2. The molecule has 5 rings (SSSR count). The predicted molar refractivity (Wildman–Crippen MR) is 124 cm³/mol. The molecule has 1 aromatic heterocycles. The van der Waals surface area contributed by atoms with Crippen molar-refractivity contribution in [1.29, 1.82) is 0 Å². The maximum absolute atomic E-state index is 12.9. The number of thioether (sulfide) groups is 1. The van der Waals surface area contributed by atoms with Crippen molar-refractivity contribution < 1.29 is 14.4 Å². The lowest BCUT2D eigenvalue weighted by molar-refractivity contribution is -0.115. The first-order valence-corrected chi connectivity index (χ1v) is 11.0. The molecular formula is C25H19N3O3S. The maximum atomic E-state index is 12.9. The summed E-state index contributed by atoms with van der Waals surface area (Å²) in [6.45, 7) is 1.81. The first-order chi connectivity index (χ1) is 15.4. The van der Waals surface area contributed by atoms with E-state index in [2.05, 4.69) is 10.3 Å². The van der Waals surface area contributed by atoms with Crippen LogP contribution in [0.1, 0.15) is 38.8 Å². The van der Waals surface area contributed by atoms with Gasteiger partial charge in [-0.25, -0.2) is 4.98 Å². The fourth-order valence-corrected chi connectivity index (χ4v) is 4.75. The molecule has 0 bridgehead atoms. The molecule has 1 N–H and O–H groups in total. The number of benzene rings is 3. The Kier molecular flexibility index (Phi) is 4.90. The number of para-hydroxylation sites is 2. The molecule has 32 heavy (non-hydrogen) atoms. The van der Waals surface area contributed by atoms with E-state index in [0.717, 1.165) is 16.2 Å². The summed E-state index contributed by atoms with van der Waals surface area (Å²) in [6, 6.07) is 19.4. The molecule has 7 heteroatoms. The Morgan fingerprint density at radius 2 is 1.53 bits per heavy atom. The lowest BCUT2D eigenvalue weighted by Gasteiger charge is -2.18. The number of carbonyl (C=O) groups is 3.